The number of aromatic nitrogens is 3. The van der Waals surface area contributed by atoms with E-state index in [4.69, 9.17) is 17.4 Å². The van der Waals surface area contributed by atoms with E-state index < -0.39 is 0 Å². The number of fused-ring (bicyclic) bond motifs is 1. The van der Waals surface area contributed by atoms with E-state index in [9.17, 15) is 0 Å². The van der Waals surface area contributed by atoms with E-state index in [0.717, 1.165) is 22.2 Å². The topological polar surface area (TPSA) is 76.7 Å². The van der Waals surface area contributed by atoms with E-state index in [2.05, 4.69) is 20.4 Å². The number of hydrogen-bond donors (Lipinski definition) is 2. The lowest BCUT2D eigenvalue weighted by atomic mass is 9.98. The second-order valence-electron chi connectivity index (χ2n) is 4.66. The molecule has 1 atom stereocenters. The third kappa shape index (κ3) is 2.85. The highest BCUT2D eigenvalue weighted by molar-refractivity contribution is 6.31. The van der Waals surface area contributed by atoms with Crippen molar-refractivity contribution in [2.24, 2.45) is 5.84 Å². The van der Waals surface area contributed by atoms with Gasteiger partial charge in [0.25, 0.3) is 0 Å². The van der Waals surface area contributed by atoms with Crippen molar-refractivity contribution in [1.29, 1.82) is 0 Å². The Hall–Kier alpha value is -2.08. The minimum atomic E-state index is -0.106. The molecule has 0 saturated carbocycles. The van der Waals surface area contributed by atoms with Crippen molar-refractivity contribution in [2.45, 2.75) is 12.5 Å². The molecule has 1 aromatic carbocycles. The summed E-state index contributed by atoms with van der Waals surface area (Å²) in [6, 6.07) is 7.66. The molecule has 0 spiro atoms. The van der Waals surface area contributed by atoms with Crippen LogP contribution in [-0.4, -0.2) is 15.0 Å². The Morgan fingerprint density at radius 2 is 2.00 bits per heavy atom. The fourth-order valence-corrected chi connectivity index (χ4v) is 2.54. The number of hydrazine groups is 1. The monoisotopic (exact) mass is 299 g/mol. The minimum absolute atomic E-state index is 0.106. The lowest BCUT2D eigenvalue weighted by Gasteiger charge is -2.18. The second-order valence-corrected chi connectivity index (χ2v) is 5.07. The molecule has 0 saturated heterocycles. The van der Waals surface area contributed by atoms with Crippen molar-refractivity contribution in [3.05, 3.63) is 65.2 Å². The molecule has 1 unspecified atom stereocenters. The predicted octanol–water partition coefficient (Wildman–Crippen LogP) is 2.43. The van der Waals surface area contributed by atoms with Crippen LogP contribution in [0.2, 0.25) is 5.02 Å². The summed E-state index contributed by atoms with van der Waals surface area (Å²) in [5.41, 5.74) is 6.50. The molecule has 3 N–H and O–H groups in total. The van der Waals surface area contributed by atoms with Crippen LogP contribution in [0.3, 0.4) is 0 Å². The molecule has 0 aliphatic heterocycles. The predicted molar refractivity (Wildman–Crippen MR) is 82.6 cm³/mol. The molecule has 0 radical (unpaired) electrons. The minimum Gasteiger partial charge on any atom is -0.271 e. The quantitative estimate of drug-likeness (QED) is 0.571. The van der Waals surface area contributed by atoms with Crippen molar-refractivity contribution in [1.82, 2.24) is 20.4 Å². The molecule has 2 aromatic heterocycles. The summed E-state index contributed by atoms with van der Waals surface area (Å²) in [5.74, 6) is 5.74. The number of rotatable bonds is 4. The van der Waals surface area contributed by atoms with Crippen LogP contribution in [0.5, 0.6) is 0 Å². The molecule has 6 heteroatoms. The number of halogens is 1. The number of nitrogens with one attached hydrogen (secondary N) is 1. The highest BCUT2D eigenvalue weighted by Crippen LogP contribution is 2.26. The molecule has 0 bridgehead atoms. The maximum atomic E-state index is 6.17. The maximum Gasteiger partial charge on any atom is 0.0935 e. The largest absolute Gasteiger partial charge is 0.271 e. The standard InChI is InChI=1S/C15H14ClN5/c16-12-9-18-5-4-10(12)8-14(21-17)11-2-1-3-13-15(11)20-7-6-19-13/h1-7,9,14,21H,8,17H2. The normalized spacial score (nSPS) is 12.5. The molecule has 3 aromatic rings. The van der Waals surface area contributed by atoms with Gasteiger partial charge in [0.05, 0.1) is 22.1 Å². The van der Waals surface area contributed by atoms with Crippen molar-refractivity contribution < 1.29 is 0 Å². The third-order valence-electron chi connectivity index (χ3n) is 3.39. The lowest BCUT2D eigenvalue weighted by molar-refractivity contribution is 0.554. The molecule has 5 nitrogen and oxygen atoms in total. The summed E-state index contributed by atoms with van der Waals surface area (Å²) in [7, 11) is 0. The van der Waals surface area contributed by atoms with Crippen LogP contribution < -0.4 is 11.3 Å². The van der Waals surface area contributed by atoms with Crippen LogP contribution in [0.25, 0.3) is 11.0 Å². The first-order valence-corrected chi connectivity index (χ1v) is 6.91. The molecule has 0 amide bonds. The number of para-hydroxylation sites is 1. The van der Waals surface area contributed by atoms with E-state index in [0.29, 0.717) is 11.4 Å². The zero-order valence-corrected chi connectivity index (χ0v) is 12.0. The number of pyridine rings is 1. The van der Waals surface area contributed by atoms with Crippen molar-refractivity contribution >= 4 is 22.6 Å². The molecular weight excluding hydrogens is 286 g/mol. The fourth-order valence-electron chi connectivity index (χ4n) is 2.34. The van der Waals surface area contributed by atoms with Gasteiger partial charge in [0.2, 0.25) is 0 Å². The Kier molecular flexibility index (Phi) is 4.06. The molecular formula is C15H14ClN5. The van der Waals surface area contributed by atoms with Gasteiger partial charge in [-0.05, 0) is 29.7 Å². The van der Waals surface area contributed by atoms with Gasteiger partial charge in [-0.1, -0.05) is 23.7 Å². The van der Waals surface area contributed by atoms with Gasteiger partial charge >= 0.3 is 0 Å². The molecule has 2 heterocycles. The Balaban J connectivity index is 2.01. The number of hydrogen-bond acceptors (Lipinski definition) is 5. The van der Waals surface area contributed by atoms with E-state index in [1.165, 1.54) is 0 Å². The van der Waals surface area contributed by atoms with Gasteiger partial charge in [0, 0.05) is 24.8 Å². The SMILES string of the molecule is NNC(Cc1ccncc1Cl)c1cccc2nccnc12. The Bertz CT molecular complexity index is 756. The van der Waals surface area contributed by atoms with Gasteiger partial charge in [0.15, 0.2) is 0 Å². The molecule has 21 heavy (non-hydrogen) atoms. The second kappa shape index (κ2) is 6.13. The molecule has 0 aliphatic rings. The Morgan fingerprint density at radius 1 is 1.14 bits per heavy atom. The first kappa shape index (κ1) is 13.9. The first-order chi connectivity index (χ1) is 10.3. The van der Waals surface area contributed by atoms with Gasteiger partial charge in [-0.15, -0.1) is 0 Å². The van der Waals surface area contributed by atoms with Crippen LogP contribution in [0.1, 0.15) is 17.2 Å². The molecule has 0 aliphatic carbocycles. The van der Waals surface area contributed by atoms with Gasteiger partial charge in [-0.3, -0.25) is 26.2 Å². The summed E-state index contributed by atoms with van der Waals surface area (Å²) >= 11 is 6.17. The van der Waals surface area contributed by atoms with Crippen LogP contribution in [0.15, 0.2) is 49.1 Å². The van der Waals surface area contributed by atoms with Gasteiger partial charge < -0.3 is 0 Å². The highest BCUT2D eigenvalue weighted by Gasteiger charge is 2.16. The highest BCUT2D eigenvalue weighted by atomic mass is 35.5. The van der Waals surface area contributed by atoms with Crippen LogP contribution >= 0.6 is 11.6 Å². The fraction of sp³-hybridized carbons (Fsp3) is 0.133. The summed E-state index contributed by atoms with van der Waals surface area (Å²) in [4.78, 5) is 12.7. The van der Waals surface area contributed by atoms with Crippen LogP contribution in [0, 0.1) is 0 Å². The van der Waals surface area contributed by atoms with Gasteiger partial charge in [-0.2, -0.15) is 0 Å². The van der Waals surface area contributed by atoms with Crippen molar-refractivity contribution in [3.63, 3.8) is 0 Å². The molecule has 0 fully saturated rings. The van der Waals surface area contributed by atoms with E-state index in [1.54, 1.807) is 24.8 Å². The van der Waals surface area contributed by atoms with E-state index in [-0.39, 0.29) is 6.04 Å². The summed E-state index contributed by atoms with van der Waals surface area (Å²) in [6.07, 6.45) is 7.36. The Labute approximate surface area is 127 Å². The van der Waals surface area contributed by atoms with Crippen molar-refractivity contribution in [2.75, 3.05) is 0 Å². The third-order valence-corrected chi connectivity index (χ3v) is 3.73. The molecule has 3 rings (SSSR count). The Morgan fingerprint density at radius 3 is 2.81 bits per heavy atom. The number of benzene rings is 1. The zero-order chi connectivity index (χ0) is 14.7. The lowest BCUT2D eigenvalue weighted by Crippen LogP contribution is -2.30. The first-order valence-electron chi connectivity index (χ1n) is 6.53. The van der Waals surface area contributed by atoms with Crippen molar-refractivity contribution in [3.8, 4) is 0 Å². The van der Waals surface area contributed by atoms with E-state index in [1.807, 2.05) is 24.3 Å². The maximum absolute atomic E-state index is 6.17. The molecule has 106 valence electrons. The summed E-state index contributed by atoms with van der Waals surface area (Å²) in [6.45, 7) is 0. The smallest absolute Gasteiger partial charge is 0.0935 e. The van der Waals surface area contributed by atoms with Gasteiger partial charge in [-0.25, -0.2) is 0 Å². The average Bonchev–Trinajstić information content (AvgIpc) is 2.54. The average molecular weight is 300 g/mol. The zero-order valence-electron chi connectivity index (χ0n) is 11.2. The summed E-state index contributed by atoms with van der Waals surface area (Å²) in [5, 5.41) is 0.629. The summed E-state index contributed by atoms with van der Waals surface area (Å²) < 4.78 is 0. The van der Waals surface area contributed by atoms with Crippen LogP contribution in [-0.2, 0) is 6.42 Å². The number of nitrogens with zero attached hydrogens (tertiary/aromatic N) is 3. The van der Waals surface area contributed by atoms with E-state index >= 15 is 0 Å². The number of nitrogens with two attached hydrogens (primary N) is 1. The van der Waals surface area contributed by atoms with Gasteiger partial charge in [0.1, 0.15) is 0 Å². The van der Waals surface area contributed by atoms with Crippen LogP contribution in [0.4, 0.5) is 0 Å².